The minimum atomic E-state index is -0.771. The quantitative estimate of drug-likeness (QED) is 0.548. The second-order valence-corrected chi connectivity index (χ2v) is 7.93. The zero-order valence-corrected chi connectivity index (χ0v) is 17.3. The molecular formula is C21H28FN7O2. The number of hydrogen-bond donors (Lipinski definition) is 4. The van der Waals surface area contributed by atoms with Crippen LogP contribution in [0.25, 0.3) is 0 Å². The van der Waals surface area contributed by atoms with E-state index in [0.29, 0.717) is 18.9 Å². The van der Waals surface area contributed by atoms with E-state index in [2.05, 4.69) is 25.5 Å². The fourth-order valence-electron chi connectivity index (χ4n) is 4.01. The third-order valence-corrected chi connectivity index (χ3v) is 5.75. The Labute approximate surface area is 180 Å². The van der Waals surface area contributed by atoms with Gasteiger partial charge in [-0.2, -0.15) is 0 Å². The summed E-state index contributed by atoms with van der Waals surface area (Å²) in [6.07, 6.45) is 7.19. The molecule has 1 aliphatic carbocycles. The Morgan fingerprint density at radius 3 is 2.68 bits per heavy atom. The summed E-state index contributed by atoms with van der Waals surface area (Å²) >= 11 is 0. The summed E-state index contributed by atoms with van der Waals surface area (Å²) in [5.41, 5.74) is 13.2. The molecule has 1 aliphatic heterocycles. The van der Waals surface area contributed by atoms with E-state index in [1.807, 2.05) is 6.07 Å². The summed E-state index contributed by atoms with van der Waals surface area (Å²) in [5, 5.41) is 6.19. The topological polar surface area (TPSA) is 131 Å². The van der Waals surface area contributed by atoms with Crippen LogP contribution >= 0.6 is 0 Å². The Morgan fingerprint density at radius 1 is 1.16 bits per heavy atom. The molecule has 0 aromatic carbocycles. The first-order valence-electron chi connectivity index (χ1n) is 10.6. The highest BCUT2D eigenvalue weighted by Gasteiger charge is 2.24. The first kappa shape index (κ1) is 21.3. The molecule has 1 saturated carbocycles. The van der Waals surface area contributed by atoms with Crippen LogP contribution in [-0.2, 0) is 4.74 Å². The van der Waals surface area contributed by atoms with Crippen molar-refractivity contribution in [1.82, 2.24) is 9.97 Å². The molecule has 4 rings (SSSR count). The van der Waals surface area contributed by atoms with E-state index in [-0.39, 0.29) is 29.3 Å². The van der Waals surface area contributed by atoms with Crippen LogP contribution in [-0.4, -0.2) is 54.3 Å². The number of hydrogen-bond acceptors (Lipinski definition) is 8. The molecule has 0 unspecified atom stereocenters. The molecule has 2 fully saturated rings. The van der Waals surface area contributed by atoms with Gasteiger partial charge in [0.25, 0.3) is 5.91 Å². The number of rotatable bonds is 6. The molecule has 166 valence electrons. The van der Waals surface area contributed by atoms with Gasteiger partial charge in [0.2, 0.25) is 0 Å². The predicted octanol–water partition coefficient (Wildman–Crippen LogP) is 1.98. The summed E-state index contributed by atoms with van der Waals surface area (Å²) in [6, 6.07) is 2.86. The van der Waals surface area contributed by atoms with Gasteiger partial charge in [-0.1, -0.05) is 12.8 Å². The maximum absolute atomic E-state index is 14.7. The van der Waals surface area contributed by atoms with E-state index in [0.717, 1.165) is 50.5 Å². The van der Waals surface area contributed by atoms with Crippen LogP contribution in [0.5, 0.6) is 0 Å². The SMILES string of the molecule is NC(=O)c1cc(F)c(N[C@@H]2CCCC[C@@H]2N)nc1Nc1cncc(N2CCOCC2)c1. The van der Waals surface area contributed by atoms with Crippen molar-refractivity contribution in [3.8, 4) is 0 Å². The van der Waals surface area contributed by atoms with Gasteiger partial charge in [-0.05, 0) is 25.0 Å². The lowest BCUT2D eigenvalue weighted by molar-refractivity contribution is 0.100. The van der Waals surface area contributed by atoms with Crippen molar-refractivity contribution in [2.24, 2.45) is 11.5 Å². The molecule has 1 amide bonds. The highest BCUT2D eigenvalue weighted by molar-refractivity contribution is 5.98. The minimum Gasteiger partial charge on any atom is -0.378 e. The second-order valence-electron chi connectivity index (χ2n) is 7.93. The first-order valence-corrected chi connectivity index (χ1v) is 10.6. The maximum Gasteiger partial charge on any atom is 0.252 e. The number of primary amides is 1. The number of morpholine rings is 1. The number of ether oxygens (including phenoxy) is 1. The number of carbonyl (C=O) groups excluding carboxylic acids is 1. The minimum absolute atomic E-state index is 0.0345. The molecule has 0 spiro atoms. The van der Waals surface area contributed by atoms with Gasteiger partial charge in [0.05, 0.1) is 42.5 Å². The standard InChI is InChI=1S/C21H28FN7O2/c22-16-10-15(19(24)30)20(28-21(16)27-18-4-2-1-3-17(18)23)26-13-9-14(12-25-11-13)29-5-7-31-8-6-29/h9-12,17-18H,1-8,23H2,(H2,24,30)(H2,26,27,28)/t17-,18+/m0/s1. The van der Waals surface area contributed by atoms with Gasteiger partial charge in [-0.25, -0.2) is 9.37 Å². The predicted molar refractivity (Wildman–Crippen MR) is 117 cm³/mol. The molecule has 2 aromatic rings. The van der Waals surface area contributed by atoms with Gasteiger partial charge in [0.1, 0.15) is 5.82 Å². The van der Waals surface area contributed by atoms with Crippen molar-refractivity contribution in [1.29, 1.82) is 0 Å². The molecule has 2 atom stereocenters. The fraction of sp³-hybridized carbons (Fsp3) is 0.476. The fourth-order valence-corrected chi connectivity index (χ4v) is 4.01. The number of halogens is 1. The largest absolute Gasteiger partial charge is 0.378 e. The van der Waals surface area contributed by atoms with Crippen molar-refractivity contribution in [3.63, 3.8) is 0 Å². The van der Waals surface area contributed by atoms with Crippen LogP contribution in [0.2, 0.25) is 0 Å². The summed E-state index contributed by atoms with van der Waals surface area (Å²) in [4.78, 5) is 22.7. The number of anilines is 4. The van der Waals surface area contributed by atoms with E-state index >= 15 is 0 Å². The molecule has 2 aromatic heterocycles. The van der Waals surface area contributed by atoms with Crippen LogP contribution in [0.1, 0.15) is 36.0 Å². The molecule has 3 heterocycles. The highest BCUT2D eigenvalue weighted by atomic mass is 19.1. The Hall–Kier alpha value is -2.98. The Kier molecular flexibility index (Phi) is 6.47. The maximum atomic E-state index is 14.7. The lowest BCUT2D eigenvalue weighted by Crippen LogP contribution is -2.43. The first-order chi connectivity index (χ1) is 15.0. The molecular weight excluding hydrogens is 401 g/mol. The number of nitrogens with one attached hydrogen (secondary N) is 2. The summed E-state index contributed by atoms with van der Waals surface area (Å²) in [7, 11) is 0. The summed E-state index contributed by atoms with van der Waals surface area (Å²) < 4.78 is 20.1. The number of amides is 1. The zero-order chi connectivity index (χ0) is 21.8. The normalized spacial score (nSPS) is 21.5. The number of aromatic nitrogens is 2. The van der Waals surface area contributed by atoms with Crippen molar-refractivity contribution in [2.75, 3.05) is 41.8 Å². The van der Waals surface area contributed by atoms with Gasteiger partial charge >= 0.3 is 0 Å². The summed E-state index contributed by atoms with van der Waals surface area (Å²) in [6.45, 7) is 2.84. The van der Waals surface area contributed by atoms with Crippen molar-refractivity contribution in [3.05, 3.63) is 35.9 Å². The molecule has 6 N–H and O–H groups in total. The molecule has 0 radical (unpaired) electrons. The third kappa shape index (κ3) is 5.02. The van der Waals surface area contributed by atoms with Gasteiger partial charge in [-0.3, -0.25) is 9.78 Å². The molecule has 0 bridgehead atoms. The van der Waals surface area contributed by atoms with Gasteiger partial charge < -0.3 is 31.7 Å². The van der Waals surface area contributed by atoms with Crippen LogP contribution in [0.4, 0.5) is 27.4 Å². The van der Waals surface area contributed by atoms with Crippen molar-refractivity contribution in [2.45, 2.75) is 37.8 Å². The van der Waals surface area contributed by atoms with Gasteiger partial charge in [0.15, 0.2) is 11.6 Å². The van der Waals surface area contributed by atoms with E-state index < -0.39 is 11.7 Å². The molecule has 31 heavy (non-hydrogen) atoms. The smallest absolute Gasteiger partial charge is 0.252 e. The van der Waals surface area contributed by atoms with Gasteiger partial charge in [0, 0.05) is 25.2 Å². The van der Waals surface area contributed by atoms with Crippen molar-refractivity contribution < 1.29 is 13.9 Å². The molecule has 9 nitrogen and oxygen atoms in total. The van der Waals surface area contributed by atoms with Gasteiger partial charge in [-0.15, -0.1) is 0 Å². The van der Waals surface area contributed by atoms with E-state index in [9.17, 15) is 9.18 Å². The van der Waals surface area contributed by atoms with E-state index in [1.165, 1.54) is 0 Å². The number of nitrogens with zero attached hydrogens (tertiary/aromatic N) is 3. The summed E-state index contributed by atoms with van der Waals surface area (Å²) in [5.74, 6) is -1.20. The van der Waals surface area contributed by atoms with E-state index in [1.54, 1.807) is 12.4 Å². The number of carbonyl (C=O) groups is 1. The lowest BCUT2D eigenvalue weighted by Gasteiger charge is -2.30. The van der Waals surface area contributed by atoms with Crippen LogP contribution in [0.15, 0.2) is 24.5 Å². The molecule has 10 heteroatoms. The molecule has 1 saturated heterocycles. The highest BCUT2D eigenvalue weighted by Crippen LogP contribution is 2.28. The zero-order valence-electron chi connectivity index (χ0n) is 17.3. The third-order valence-electron chi connectivity index (χ3n) is 5.75. The average Bonchev–Trinajstić information content (AvgIpc) is 2.78. The van der Waals surface area contributed by atoms with Crippen LogP contribution in [0.3, 0.4) is 0 Å². The van der Waals surface area contributed by atoms with E-state index in [4.69, 9.17) is 16.2 Å². The Morgan fingerprint density at radius 2 is 1.94 bits per heavy atom. The lowest BCUT2D eigenvalue weighted by atomic mass is 9.91. The van der Waals surface area contributed by atoms with Crippen LogP contribution < -0.4 is 27.0 Å². The molecule has 2 aliphatic rings. The average molecular weight is 430 g/mol. The number of nitrogens with two attached hydrogens (primary N) is 2. The monoisotopic (exact) mass is 429 g/mol. The van der Waals surface area contributed by atoms with Crippen LogP contribution in [0, 0.1) is 5.82 Å². The Bertz CT molecular complexity index is 936. The number of pyridine rings is 2. The van der Waals surface area contributed by atoms with Crippen molar-refractivity contribution >= 4 is 28.9 Å². The second kappa shape index (κ2) is 9.44. The Balaban J connectivity index is 1.60.